The van der Waals surface area contributed by atoms with Crippen LogP contribution in [0.5, 0.6) is 0 Å². The van der Waals surface area contributed by atoms with Crippen LogP contribution in [0.15, 0.2) is 18.2 Å². The van der Waals surface area contributed by atoms with E-state index in [2.05, 4.69) is 11.3 Å². The highest BCUT2D eigenvalue weighted by Gasteiger charge is 2.11. The fourth-order valence-electron chi connectivity index (χ4n) is 1.68. The Balaban J connectivity index is 2.79. The van der Waals surface area contributed by atoms with Gasteiger partial charge in [0, 0.05) is 0 Å². The Morgan fingerprint density at radius 2 is 2.00 bits per heavy atom. The Bertz CT molecular complexity index is 429. The number of nitrogens with one attached hydrogen (secondary N) is 1. The highest BCUT2D eigenvalue weighted by atomic mass is 16.4. The Kier molecular flexibility index (Phi) is 4.56. The zero-order chi connectivity index (χ0) is 12.8. The Labute approximate surface area is 101 Å². The van der Waals surface area contributed by atoms with E-state index in [1.165, 1.54) is 0 Å². The summed E-state index contributed by atoms with van der Waals surface area (Å²) in [6, 6.07) is 5.96. The van der Waals surface area contributed by atoms with E-state index in [0.717, 1.165) is 21.7 Å². The Hall–Kier alpha value is -1.99. The van der Waals surface area contributed by atoms with Gasteiger partial charge in [-0.15, -0.1) is 6.42 Å². The topological polar surface area (TPSA) is 52.6 Å². The van der Waals surface area contributed by atoms with E-state index in [9.17, 15) is 4.79 Å². The molecule has 1 aromatic carbocycles. The molecule has 0 saturated heterocycles. The number of hydrogen-bond acceptors (Lipinski definition) is 2. The molecule has 0 fully saturated rings. The first-order valence-electron chi connectivity index (χ1n) is 5.27. The molecular weight excluding hydrogens is 216 g/mol. The van der Waals surface area contributed by atoms with Gasteiger partial charge < -0.3 is 5.11 Å². The predicted octanol–water partition coefficient (Wildman–Crippen LogP) is 1.92. The summed E-state index contributed by atoms with van der Waals surface area (Å²) in [5.74, 6) is 2.35. The first kappa shape index (κ1) is 13.1. The molecule has 1 amide bonds. The second-order valence-electron chi connectivity index (χ2n) is 3.90. The molecule has 0 spiro atoms. The summed E-state index contributed by atoms with van der Waals surface area (Å²) < 4.78 is 0. The van der Waals surface area contributed by atoms with Crippen LogP contribution in [-0.2, 0) is 6.54 Å². The molecule has 17 heavy (non-hydrogen) atoms. The van der Waals surface area contributed by atoms with Gasteiger partial charge in [-0.1, -0.05) is 35.2 Å². The fraction of sp³-hybridized carbons (Fsp3) is 0.308. The third-order valence-electron chi connectivity index (χ3n) is 2.23. The van der Waals surface area contributed by atoms with Crippen molar-refractivity contribution in [3.63, 3.8) is 0 Å². The molecule has 1 rings (SSSR count). The van der Waals surface area contributed by atoms with Crippen LogP contribution in [0.4, 0.5) is 4.79 Å². The van der Waals surface area contributed by atoms with Gasteiger partial charge in [0.1, 0.15) is 0 Å². The molecule has 2 N–H and O–H groups in total. The average Bonchev–Trinajstić information content (AvgIpc) is 2.22. The van der Waals surface area contributed by atoms with Gasteiger partial charge in [0.15, 0.2) is 0 Å². The number of terminal acetylenes is 1. The molecule has 0 saturated carbocycles. The van der Waals surface area contributed by atoms with Gasteiger partial charge in [-0.2, -0.15) is 0 Å². The van der Waals surface area contributed by atoms with Crippen molar-refractivity contribution in [2.24, 2.45) is 0 Å². The molecule has 0 radical (unpaired) electrons. The molecular formula is C13H16N2O2. The highest BCUT2D eigenvalue weighted by molar-refractivity contribution is 5.64. The number of carboxylic acid groups (broad SMARTS) is 1. The van der Waals surface area contributed by atoms with Crippen molar-refractivity contribution in [3.05, 3.63) is 34.9 Å². The van der Waals surface area contributed by atoms with Crippen molar-refractivity contribution in [3.8, 4) is 12.3 Å². The smallest absolute Gasteiger partial charge is 0.422 e. The number of nitrogens with zero attached hydrogens (tertiary/aromatic N) is 1. The fourth-order valence-corrected chi connectivity index (χ4v) is 1.68. The van der Waals surface area contributed by atoms with Gasteiger partial charge >= 0.3 is 6.09 Å². The molecule has 0 bridgehead atoms. The summed E-state index contributed by atoms with van der Waals surface area (Å²) in [6.45, 7) is 4.43. The largest absolute Gasteiger partial charge is 0.464 e. The third kappa shape index (κ3) is 4.17. The number of aryl methyl sites for hydroxylation is 2. The maximum atomic E-state index is 11.0. The van der Waals surface area contributed by atoms with E-state index < -0.39 is 6.09 Å². The quantitative estimate of drug-likeness (QED) is 0.616. The lowest BCUT2D eigenvalue weighted by molar-refractivity contribution is 0.119. The van der Waals surface area contributed by atoms with Crippen molar-refractivity contribution in [2.45, 2.75) is 20.4 Å². The SMILES string of the molecule is C#CCNN(Cc1cc(C)cc(C)c1)C(=O)O. The minimum atomic E-state index is -1.04. The van der Waals surface area contributed by atoms with Crippen molar-refractivity contribution in [2.75, 3.05) is 6.54 Å². The van der Waals surface area contributed by atoms with E-state index in [1.807, 2.05) is 32.0 Å². The van der Waals surface area contributed by atoms with Gasteiger partial charge in [0.25, 0.3) is 0 Å². The first-order valence-corrected chi connectivity index (χ1v) is 5.27. The summed E-state index contributed by atoms with van der Waals surface area (Å²) in [5.41, 5.74) is 5.82. The van der Waals surface area contributed by atoms with Gasteiger partial charge in [0.2, 0.25) is 0 Å². The number of benzene rings is 1. The van der Waals surface area contributed by atoms with Crippen LogP contribution in [-0.4, -0.2) is 22.8 Å². The monoisotopic (exact) mass is 232 g/mol. The second-order valence-corrected chi connectivity index (χ2v) is 3.90. The predicted molar refractivity (Wildman–Crippen MR) is 66.3 cm³/mol. The molecule has 4 nitrogen and oxygen atoms in total. The molecule has 0 aliphatic carbocycles. The van der Waals surface area contributed by atoms with Crippen LogP contribution in [0.25, 0.3) is 0 Å². The van der Waals surface area contributed by atoms with Gasteiger partial charge in [-0.3, -0.25) is 0 Å². The van der Waals surface area contributed by atoms with E-state index in [1.54, 1.807) is 0 Å². The first-order chi connectivity index (χ1) is 8.02. The average molecular weight is 232 g/mol. The lowest BCUT2D eigenvalue weighted by Gasteiger charge is -2.19. The van der Waals surface area contributed by atoms with Crippen LogP contribution in [0.1, 0.15) is 16.7 Å². The molecule has 90 valence electrons. The minimum Gasteiger partial charge on any atom is -0.464 e. The van der Waals surface area contributed by atoms with Crippen LogP contribution in [0.2, 0.25) is 0 Å². The Morgan fingerprint density at radius 3 is 2.47 bits per heavy atom. The third-order valence-corrected chi connectivity index (χ3v) is 2.23. The number of hydrazine groups is 1. The zero-order valence-corrected chi connectivity index (χ0v) is 10.0. The highest BCUT2D eigenvalue weighted by Crippen LogP contribution is 2.10. The van der Waals surface area contributed by atoms with E-state index in [-0.39, 0.29) is 13.1 Å². The molecule has 0 aliphatic rings. The molecule has 0 heterocycles. The number of rotatable bonds is 4. The lowest BCUT2D eigenvalue weighted by atomic mass is 10.1. The molecule has 0 aliphatic heterocycles. The van der Waals surface area contributed by atoms with Gasteiger partial charge in [0.05, 0.1) is 13.1 Å². The van der Waals surface area contributed by atoms with Crippen molar-refractivity contribution in [1.82, 2.24) is 10.4 Å². The van der Waals surface area contributed by atoms with E-state index in [0.29, 0.717) is 0 Å². The number of carbonyl (C=O) groups is 1. The summed E-state index contributed by atoms with van der Waals surface area (Å²) in [5, 5.41) is 10.1. The van der Waals surface area contributed by atoms with Crippen molar-refractivity contribution < 1.29 is 9.90 Å². The summed E-state index contributed by atoms with van der Waals surface area (Å²) in [6.07, 6.45) is 4.04. The van der Waals surface area contributed by atoms with E-state index in [4.69, 9.17) is 11.5 Å². The minimum absolute atomic E-state index is 0.192. The summed E-state index contributed by atoms with van der Waals surface area (Å²) >= 11 is 0. The second kappa shape index (κ2) is 5.92. The van der Waals surface area contributed by atoms with Crippen LogP contribution in [0.3, 0.4) is 0 Å². The van der Waals surface area contributed by atoms with E-state index >= 15 is 0 Å². The van der Waals surface area contributed by atoms with Gasteiger partial charge in [-0.05, 0) is 19.4 Å². The summed E-state index contributed by atoms with van der Waals surface area (Å²) in [4.78, 5) is 11.0. The zero-order valence-electron chi connectivity index (χ0n) is 10.0. The Morgan fingerprint density at radius 1 is 1.41 bits per heavy atom. The van der Waals surface area contributed by atoms with Crippen LogP contribution < -0.4 is 5.43 Å². The number of hydrogen-bond donors (Lipinski definition) is 2. The van der Waals surface area contributed by atoms with Gasteiger partial charge in [-0.25, -0.2) is 15.2 Å². The van der Waals surface area contributed by atoms with Crippen molar-refractivity contribution >= 4 is 6.09 Å². The van der Waals surface area contributed by atoms with Crippen molar-refractivity contribution in [1.29, 1.82) is 0 Å². The van der Waals surface area contributed by atoms with Crippen LogP contribution in [0, 0.1) is 26.2 Å². The number of amides is 1. The standard InChI is InChI=1S/C13H16N2O2/c1-4-5-14-15(13(16)17)9-12-7-10(2)6-11(3)8-12/h1,6-8,14H,5,9H2,2-3H3,(H,16,17). The maximum absolute atomic E-state index is 11.0. The van der Waals surface area contributed by atoms with Crippen LogP contribution >= 0.6 is 0 Å². The summed E-state index contributed by atoms with van der Waals surface area (Å²) in [7, 11) is 0. The molecule has 1 aromatic rings. The molecule has 0 aromatic heterocycles. The molecule has 0 atom stereocenters. The molecule has 0 unspecified atom stereocenters. The lowest BCUT2D eigenvalue weighted by Crippen LogP contribution is -2.41. The molecule has 4 heteroatoms. The maximum Gasteiger partial charge on any atom is 0.422 e. The normalized spacial score (nSPS) is 9.71.